The van der Waals surface area contributed by atoms with Crippen LogP contribution in [0, 0.1) is 11.8 Å². The van der Waals surface area contributed by atoms with Gasteiger partial charge < -0.3 is 15.7 Å². The molecule has 2 atom stereocenters. The van der Waals surface area contributed by atoms with E-state index in [0.29, 0.717) is 12.3 Å². The van der Waals surface area contributed by atoms with Gasteiger partial charge in [-0.15, -0.1) is 0 Å². The molecule has 1 rings (SSSR count). The lowest BCUT2D eigenvalue weighted by Gasteiger charge is -2.34. The Balaban J connectivity index is 2.60. The standard InChI is InChI=1S/C12H22N2O3/c1-4-5-12(3,11(16)17)14-10(15)8(2)9-6-13-7-9/h8-9,13H,4-7H2,1-3H3,(H,14,15)(H,16,17). The number of carboxylic acid groups (broad SMARTS) is 1. The second kappa shape index (κ2) is 5.49. The van der Waals surface area contributed by atoms with Crippen LogP contribution in [0.3, 0.4) is 0 Å². The van der Waals surface area contributed by atoms with E-state index < -0.39 is 11.5 Å². The maximum Gasteiger partial charge on any atom is 0.329 e. The fourth-order valence-electron chi connectivity index (χ4n) is 1.99. The van der Waals surface area contributed by atoms with E-state index >= 15 is 0 Å². The van der Waals surface area contributed by atoms with Crippen LogP contribution in [0.4, 0.5) is 0 Å². The number of carbonyl (C=O) groups is 2. The molecule has 2 unspecified atom stereocenters. The number of amides is 1. The predicted molar refractivity (Wildman–Crippen MR) is 64.6 cm³/mol. The zero-order chi connectivity index (χ0) is 13.1. The first-order chi connectivity index (χ1) is 7.90. The molecule has 0 radical (unpaired) electrons. The summed E-state index contributed by atoms with van der Waals surface area (Å²) in [7, 11) is 0. The first-order valence-electron chi connectivity index (χ1n) is 6.17. The van der Waals surface area contributed by atoms with Gasteiger partial charge in [-0.05, 0) is 32.4 Å². The fraction of sp³-hybridized carbons (Fsp3) is 0.833. The molecule has 98 valence electrons. The Labute approximate surface area is 102 Å². The second-order valence-electron chi connectivity index (χ2n) is 5.08. The molecule has 1 amide bonds. The van der Waals surface area contributed by atoms with E-state index in [2.05, 4.69) is 10.6 Å². The quantitative estimate of drug-likeness (QED) is 0.637. The molecule has 5 heteroatoms. The number of carboxylic acids is 1. The van der Waals surface area contributed by atoms with Gasteiger partial charge in [0.25, 0.3) is 0 Å². The largest absolute Gasteiger partial charge is 0.480 e. The molecular formula is C12H22N2O3. The lowest BCUT2D eigenvalue weighted by molar-refractivity contribution is -0.148. The monoisotopic (exact) mass is 242 g/mol. The van der Waals surface area contributed by atoms with Gasteiger partial charge in [0.05, 0.1) is 0 Å². The SMILES string of the molecule is CCCC(C)(NC(=O)C(C)C1CNC1)C(=O)O. The molecule has 1 saturated heterocycles. The first-order valence-corrected chi connectivity index (χ1v) is 6.17. The van der Waals surface area contributed by atoms with Crippen LogP contribution in [0.1, 0.15) is 33.6 Å². The van der Waals surface area contributed by atoms with E-state index in [1.54, 1.807) is 6.92 Å². The minimum absolute atomic E-state index is 0.133. The van der Waals surface area contributed by atoms with Gasteiger partial charge in [-0.25, -0.2) is 4.79 Å². The van der Waals surface area contributed by atoms with Crippen molar-refractivity contribution in [2.75, 3.05) is 13.1 Å². The van der Waals surface area contributed by atoms with E-state index in [4.69, 9.17) is 0 Å². The predicted octanol–water partition coefficient (Wildman–Crippen LogP) is 0.601. The molecule has 0 aromatic carbocycles. The summed E-state index contributed by atoms with van der Waals surface area (Å²) in [5.74, 6) is -0.928. The van der Waals surface area contributed by atoms with Crippen molar-refractivity contribution in [3.8, 4) is 0 Å². The minimum atomic E-state index is -1.14. The highest BCUT2D eigenvalue weighted by Gasteiger charge is 2.37. The number of aliphatic carboxylic acids is 1. The molecule has 1 heterocycles. The zero-order valence-corrected chi connectivity index (χ0v) is 10.7. The zero-order valence-electron chi connectivity index (χ0n) is 10.7. The van der Waals surface area contributed by atoms with Crippen molar-refractivity contribution in [2.45, 2.75) is 39.2 Å². The van der Waals surface area contributed by atoms with E-state index in [0.717, 1.165) is 19.5 Å². The molecule has 1 aliphatic heterocycles. The van der Waals surface area contributed by atoms with Gasteiger partial charge in [-0.3, -0.25) is 4.79 Å². The van der Waals surface area contributed by atoms with Crippen molar-refractivity contribution in [2.24, 2.45) is 11.8 Å². The third-order valence-electron chi connectivity index (χ3n) is 3.55. The van der Waals surface area contributed by atoms with Crippen LogP contribution in [0.2, 0.25) is 0 Å². The maximum atomic E-state index is 12.0. The summed E-state index contributed by atoms with van der Waals surface area (Å²) in [6.07, 6.45) is 1.17. The summed E-state index contributed by atoms with van der Waals surface area (Å²) in [5.41, 5.74) is -1.14. The van der Waals surface area contributed by atoms with Gasteiger partial charge in [-0.2, -0.15) is 0 Å². The molecular weight excluding hydrogens is 220 g/mol. The molecule has 3 N–H and O–H groups in total. The molecule has 0 aliphatic carbocycles. The molecule has 0 aromatic heterocycles. The number of rotatable bonds is 6. The summed E-state index contributed by atoms with van der Waals surface area (Å²) in [6.45, 7) is 7.02. The highest BCUT2D eigenvalue weighted by atomic mass is 16.4. The number of hydrogen-bond donors (Lipinski definition) is 3. The van der Waals surface area contributed by atoms with Gasteiger partial charge in [-0.1, -0.05) is 20.3 Å². The van der Waals surface area contributed by atoms with Gasteiger partial charge in [0.2, 0.25) is 5.91 Å². The molecule has 1 aliphatic rings. The van der Waals surface area contributed by atoms with E-state index in [9.17, 15) is 14.7 Å². The van der Waals surface area contributed by atoms with Crippen LogP contribution >= 0.6 is 0 Å². The summed E-state index contributed by atoms with van der Waals surface area (Å²) >= 11 is 0. The van der Waals surface area contributed by atoms with Gasteiger partial charge in [0, 0.05) is 5.92 Å². The summed E-state index contributed by atoms with van der Waals surface area (Å²) in [5, 5.41) is 15.0. The molecule has 17 heavy (non-hydrogen) atoms. The number of carbonyl (C=O) groups excluding carboxylic acids is 1. The molecule has 0 bridgehead atoms. The van der Waals surface area contributed by atoms with Crippen molar-refractivity contribution in [1.29, 1.82) is 0 Å². The molecule has 0 aromatic rings. The summed E-state index contributed by atoms with van der Waals surface area (Å²) in [6, 6.07) is 0. The van der Waals surface area contributed by atoms with Gasteiger partial charge >= 0.3 is 5.97 Å². The van der Waals surface area contributed by atoms with E-state index in [1.807, 2.05) is 13.8 Å². The average molecular weight is 242 g/mol. The van der Waals surface area contributed by atoms with E-state index in [-0.39, 0.29) is 11.8 Å². The average Bonchev–Trinajstić information content (AvgIpc) is 2.14. The number of nitrogens with one attached hydrogen (secondary N) is 2. The van der Waals surface area contributed by atoms with Crippen molar-refractivity contribution < 1.29 is 14.7 Å². The molecule has 5 nitrogen and oxygen atoms in total. The minimum Gasteiger partial charge on any atom is -0.480 e. The van der Waals surface area contributed by atoms with Gasteiger partial charge in [0.1, 0.15) is 5.54 Å². The normalized spacial score (nSPS) is 21.1. The Bertz CT molecular complexity index is 302. The van der Waals surface area contributed by atoms with Crippen molar-refractivity contribution in [3.63, 3.8) is 0 Å². The molecule has 1 fully saturated rings. The van der Waals surface area contributed by atoms with Crippen LogP contribution < -0.4 is 10.6 Å². The van der Waals surface area contributed by atoms with Crippen LogP contribution in [0.15, 0.2) is 0 Å². The summed E-state index contributed by atoms with van der Waals surface area (Å²) in [4.78, 5) is 23.2. The molecule has 0 spiro atoms. The second-order valence-corrected chi connectivity index (χ2v) is 5.08. The Hall–Kier alpha value is -1.10. The Morgan fingerprint density at radius 1 is 1.53 bits per heavy atom. The highest BCUT2D eigenvalue weighted by Crippen LogP contribution is 2.19. The third-order valence-corrected chi connectivity index (χ3v) is 3.55. The first kappa shape index (κ1) is 14.0. The third kappa shape index (κ3) is 3.19. The van der Waals surface area contributed by atoms with Crippen molar-refractivity contribution in [1.82, 2.24) is 10.6 Å². The lowest BCUT2D eigenvalue weighted by atomic mass is 9.87. The Morgan fingerprint density at radius 2 is 2.12 bits per heavy atom. The fourth-order valence-corrected chi connectivity index (χ4v) is 1.99. The van der Waals surface area contributed by atoms with Crippen LogP contribution in [0.5, 0.6) is 0 Å². The topological polar surface area (TPSA) is 78.4 Å². The molecule has 0 saturated carbocycles. The lowest BCUT2D eigenvalue weighted by Crippen LogP contribution is -2.56. The Morgan fingerprint density at radius 3 is 2.47 bits per heavy atom. The van der Waals surface area contributed by atoms with Gasteiger partial charge in [0.15, 0.2) is 0 Å². The number of hydrogen-bond acceptors (Lipinski definition) is 3. The summed E-state index contributed by atoms with van der Waals surface area (Å²) < 4.78 is 0. The smallest absolute Gasteiger partial charge is 0.329 e. The van der Waals surface area contributed by atoms with Crippen LogP contribution in [0.25, 0.3) is 0 Å². The van der Waals surface area contributed by atoms with Crippen molar-refractivity contribution in [3.05, 3.63) is 0 Å². The highest BCUT2D eigenvalue weighted by molar-refractivity contribution is 5.87. The maximum absolute atomic E-state index is 12.0. The van der Waals surface area contributed by atoms with E-state index in [1.165, 1.54) is 0 Å². The Kier molecular flexibility index (Phi) is 4.51. The van der Waals surface area contributed by atoms with Crippen LogP contribution in [-0.4, -0.2) is 35.6 Å². The van der Waals surface area contributed by atoms with Crippen molar-refractivity contribution >= 4 is 11.9 Å². The van der Waals surface area contributed by atoms with Crippen LogP contribution in [-0.2, 0) is 9.59 Å².